The van der Waals surface area contributed by atoms with Gasteiger partial charge in [0.25, 0.3) is 8.32 Å². The van der Waals surface area contributed by atoms with E-state index >= 15 is 0 Å². The monoisotopic (exact) mass is 424 g/mol. The van der Waals surface area contributed by atoms with Gasteiger partial charge in [-0.1, -0.05) is 120 Å². The molecular weight excluding hydrogens is 384 g/mol. The first-order valence-electron chi connectivity index (χ1n) is 11.7. The first kappa shape index (κ1) is 24.6. The van der Waals surface area contributed by atoms with Crippen molar-refractivity contribution in [2.24, 2.45) is 0 Å². The number of rotatable bonds is 14. The van der Waals surface area contributed by atoms with Crippen LogP contribution < -0.4 is 10.4 Å². The van der Waals surface area contributed by atoms with Crippen molar-refractivity contribution in [3.8, 4) is 0 Å². The van der Waals surface area contributed by atoms with Crippen LogP contribution >= 0.6 is 0 Å². The fourth-order valence-corrected chi connectivity index (χ4v) is 8.98. The maximum Gasteiger partial charge on any atom is 0.261 e. The summed E-state index contributed by atoms with van der Waals surface area (Å²) in [5.74, 6) is 0. The van der Waals surface area contributed by atoms with Crippen molar-refractivity contribution in [1.29, 1.82) is 0 Å². The zero-order chi connectivity index (χ0) is 21.7. The van der Waals surface area contributed by atoms with Crippen molar-refractivity contribution in [3.63, 3.8) is 0 Å². The van der Waals surface area contributed by atoms with E-state index in [9.17, 15) is 4.79 Å². The minimum Gasteiger partial charge on any atom is -0.407 e. The lowest BCUT2D eigenvalue weighted by atomic mass is 10.1. The first-order valence-corrected chi connectivity index (χ1v) is 13.6. The number of carbonyl (C=O) groups excluding carboxylic acids is 1. The van der Waals surface area contributed by atoms with E-state index in [-0.39, 0.29) is 5.04 Å². The summed E-state index contributed by atoms with van der Waals surface area (Å²) in [6.45, 7) is 7.84. The third-order valence-electron chi connectivity index (χ3n) is 5.95. The summed E-state index contributed by atoms with van der Waals surface area (Å²) in [6.07, 6.45) is 11.5. The van der Waals surface area contributed by atoms with Gasteiger partial charge in [0.2, 0.25) is 0 Å². The summed E-state index contributed by atoms with van der Waals surface area (Å²) in [7, 11) is -2.37. The van der Waals surface area contributed by atoms with Crippen LogP contribution in [-0.2, 0) is 9.22 Å². The second kappa shape index (κ2) is 12.9. The van der Waals surface area contributed by atoms with Gasteiger partial charge < -0.3 is 9.22 Å². The lowest BCUT2D eigenvalue weighted by Gasteiger charge is -2.43. The van der Waals surface area contributed by atoms with Crippen LogP contribution in [0.15, 0.2) is 60.7 Å². The molecule has 30 heavy (non-hydrogen) atoms. The van der Waals surface area contributed by atoms with Gasteiger partial charge in [0.15, 0.2) is 0 Å². The molecule has 0 saturated carbocycles. The van der Waals surface area contributed by atoms with Gasteiger partial charge in [-0.25, -0.2) is 0 Å². The van der Waals surface area contributed by atoms with Crippen LogP contribution in [0.2, 0.25) is 5.04 Å². The van der Waals surface area contributed by atoms with E-state index in [2.05, 4.69) is 81.4 Å². The highest BCUT2D eigenvalue weighted by Gasteiger charge is 2.49. The Hall–Kier alpha value is -1.71. The van der Waals surface area contributed by atoms with E-state index in [1.165, 1.54) is 48.9 Å². The van der Waals surface area contributed by atoms with Crippen molar-refractivity contribution < 1.29 is 9.22 Å². The number of aldehydes is 1. The molecule has 2 aromatic rings. The fourth-order valence-electron chi connectivity index (χ4n) is 4.38. The number of hydrogen-bond acceptors (Lipinski definition) is 2. The third-order valence-corrected chi connectivity index (χ3v) is 11.0. The molecule has 0 fully saturated rings. The van der Waals surface area contributed by atoms with E-state index in [4.69, 9.17) is 4.43 Å². The predicted octanol–water partition coefficient (Wildman–Crippen LogP) is 6.27. The van der Waals surface area contributed by atoms with Crippen LogP contribution in [0.4, 0.5) is 0 Å². The van der Waals surface area contributed by atoms with Crippen LogP contribution in [0.3, 0.4) is 0 Å². The van der Waals surface area contributed by atoms with Crippen LogP contribution in [-0.4, -0.2) is 21.2 Å². The highest BCUT2D eigenvalue weighted by Crippen LogP contribution is 2.36. The van der Waals surface area contributed by atoms with E-state index in [0.717, 1.165) is 32.2 Å². The van der Waals surface area contributed by atoms with Gasteiger partial charge in [0, 0.05) is 13.0 Å². The highest BCUT2D eigenvalue weighted by atomic mass is 28.4. The van der Waals surface area contributed by atoms with E-state index < -0.39 is 8.32 Å². The maximum atomic E-state index is 10.3. The molecule has 0 N–H and O–H groups in total. The zero-order valence-corrected chi connectivity index (χ0v) is 20.2. The van der Waals surface area contributed by atoms with Gasteiger partial charge in [0.1, 0.15) is 6.29 Å². The fraction of sp³-hybridized carbons (Fsp3) is 0.519. The van der Waals surface area contributed by atoms with Gasteiger partial charge in [0.05, 0.1) is 0 Å². The predicted molar refractivity (Wildman–Crippen MR) is 131 cm³/mol. The zero-order valence-electron chi connectivity index (χ0n) is 19.2. The molecule has 2 rings (SSSR count). The molecule has 2 nitrogen and oxygen atoms in total. The van der Waals surface area contributed by atoms with E-state index in [0.29, 0.717) is 0 Å². The molecular formula is C27H40O2Si. The molecule has 0 aliphatic carbocycles. The Kier molecular flexibility index (Phi) is 10.5. The smallest absolute Gasteiger partial charge is 0.261 e. The highest BCUT2D eigenvalue weighted by molar-refractivity contribution is 6.99. The summed E-state index contributed by atoms with van der Waals surface area (Å²) in [5.41, 5.74) is 0. The quantitative estimate of drug-likeness (QED) is 0.203. The lowest BCUT2D eigenvalue weighted by Crippen LogP contribution is -2.66. The Balaban J connectivity index is 1.95. The second-order valence-corrected chi connectivity index (χ2v) is 13.6. The molecule has 0 aromatic heterocycles. The summed E-state index contributed by atoms with van der Waals surface area (Å²) in [4.78, 5) is 10.3. The van der Waals surface area contributed by atoms with Crippen molar-refractivity contribution >= 4 is 25.0 Å². The van der Waals surface area contributed by atoms with Crippen LogP contribution in [0.25, 0.3) is 0 Å². The minimum atomic E-state index is -2.37. The molecule has 0 radical (unpaired) electrons. The van der Waals surface area contributed by atoms with Gasteiger partial charge in [-0.2, -0.15) is 0 Å². The van der Waals surface area contributed by atoms with E-state index in [1.807, 2.05) is 0 Å². The summed E-state index contributed by atoms with van der Waals surface area (Å²) in [5, 5.41) is 2.77. The molecule has 164 valence electrons. The minimum absolute atomic E-state index is 0.0528. The Morgan fingerprint density at radius 3 is 1.57 bits per heavy atom. The number of unbranched alkanes of at least 4 members (excludes halogenated alkanes) is 8. The van der Waals surface area contributed by atoms with E-state index in [1.54, 1.807) is 0 Å². The molecule has 2 aromatic carbocycles. The number of carbonyl (C=O) groups is 1. The lowest BCUT2D eigenvalue weighted by molar-refractivity contribution is -0.107. The molecule has 0 heterocycles. The number of benzene rings is 2. The van der Waals surface area contributed by atoms with Crippen LogP contribution in [0.5, 0.6) is 0 Å². The molecule has 0 aliphatic heterocycles. The Labute approximate surface area is 185 Å². The molecule has 3 heteroatoms. The molecule has 0 amide bonds. The maximum absolute atomic E-state index is 10.3. The van der Waals surface area contributed by atoms with Gasteiger partial charge in [-0.3, -0.25) is 0 Å². The van der Waals surface area contributed by atoms with Crippen LogP contribution in [0.1, 0.15) is 78.6 Å². The summed E-state index contributed by atoms with van der Waals surface area (Å²) >= 11 is 0. The van der Waals surface area contributed by atoms with Crippen molar-refractivity contribution in [2.45, 2.75) is 83.6 Å². The molecule has 0 spiro atoms. The van der Waals surface area contributed by atoms with Crippen molar-refractivity contribution in [1.82, 2.24) is 0 Å². The second-order valence-electron chi connectivity index (χ2n) is 9.30. The SMILES string of the molecule is CC(C)(C)[Si](OCCCCCCCCCCC=O)(c1ccccc1)c1ccccc1. The van der Waals surface area contributed by atoms with Crippen LogP contribution in [0, 0.1) is 0 Å². The third kappa shape index (κ3) is 6.92. The normalized spacial score (nSPS) is 12.1. The van der Waals surface area contributed by atoms with Gasteiger partial charge in [-0.05, 0) is 28.3 Å². The number of hydrogen-bond donors (Lipinski definition) is 0. The first-order chi connectivity index (χ1) is 14.5. The molecule has 0 saturated heterocycles. The Morgan fingerprint density at radius 2 is 1.13 bits per heavy atom. The Bertz CT molecular complexity index is 667. The van der Waals surface area contributed by atoms with Crippen molar-refractivity contribution in [2.75, 3.05) is 6.61 Å². The average molecular weight is 425 g/mol. The Morgan fingerprint density at radius 1 is 0.700 bits per heavy atom. The summed E-state index contributed by atoms with van der Waals surface area (Å²) in [6, 6.07) is 21.8. The summed E-state index contributed by atoms with van der Waals surface area (Å²) < 4.78 is 6.94. The molecule has 0 aliphatic rings. The molecule has 0 bridgehead atoms. The molecule has 0 unspecified atom stereocenters. The standard InChI is InChI=1S/C27H40O2Si/c1-27(2,3)30(25-19-13-11-14-20-25,26-21-15-12-16-22-26)29-24-18-10-8-6-4-5-7-9-17-23-28/h11-16,19-23H,4-10,17-18,24H2,1-3H3. The topological polar surface area (TPSA) is 26.3 Å². The van der Waals surface area contributed by atoms with Crippen molar-refractivity contribution in [3.05, 3.63) is 60.7 Å². The van der Waals surface area contributed by atoms with Gasteiger partial charge >= 0.3 is 0 Å². The largest absolute Gasteiger partial charge is 0.407 e. The van der Waals surface area contributed by atoms with Gasteiger partial charge in [-0.15, -0.1) is 0 Å². The average Bonchev–Trinajstić information content (AvgIpc) is 2.75. The molecule has 0 atom stereocenters.